The van der Waals surface area contributed by atoms with Gasteiger partial charge in [0.1, 0.15) is 30.4 Å². The number of hydrogen-bond donors (Lipinski definition) is 0. The second-order valence-electron chi connectivity index (χ2n) is 8.61. The minimum Gasteiger partial charge on any atom is -0.491 e. The number of esters is 1. The van der Waals surface area contributed by atoms with E-state index in [0.717, 1.165) is 28.1 Å². The molecule has 33 heavy (non-hydrogen) atoms. The lowest BCUT2D eigenvalue weighted by Gasteiger charge is -2.19. The van der Waals surface area contributed by atoms with E-state index in [2.05, 4.69) is 28.8 Å². The van der Waals surface area contributed by atoms with Gasteiger partial charge in [-0.3, -0.25) is 4.57 Å². The number of ether oxygens (including phenoxy) is 3. The fraction of sp³-hybridized carbons (Fsp3) is 0.259. The molecule has 0 fully saturated rings. The first-order valence-corrected chi connectivity index (χ1v) is 11.0. The van der Waals surface area contributed by atoms with Crippen molar-refractivity contribution < 1.29 is 19.0 Å². The molecule has 0 aliphatic carbocycles. The summed E-state index contributed by atoms with van der Waals surface area (Å²) in [5.74, 6) is 1.19. The Labute approximate surface area is 193 Å². The van der Waals surface area contributed by atoms with Crippen LogP contribution in [0, 0.1) is 0 Å². The number of benzene rings is 3. The van der Waals surface area contributed by atoms with Gasteiger partial charge in [0, 0.05) is 17.3 Å². The number of hydrogen-bond acceptors (Lipinski definition) is 5. The molecular weight excluding hydrogens is 416 g/mol. The van der Waals surface area contributed by atoms with Crippen LogP contribution in [0.2, 0.25) is 0 Å². The molecule has 6 nitrogen and oxygen atoms in total. The van der Waals surface area contributed by atoms with E-state index < -0.39 is 5.60 Å². The van der Waals surface area contributed by atoms with E-state index >= 15 is 0 Å². The van der Waals surface area contributed by atoms with Crippen molar-refractivity contribution in [2.45, 2.75) is 26.4 Å². The van der Waals surface area contributed by atoms with E-state index in [0.29, 0.717) is 12.4 Å². The normalized spacial score (nSPS) is 11.5. The van der Waals surface area contributed by atoms with Gasteiger partial charge in [0.25, 0.3) is 0 Å². The zero-order valence-corrected chi connectivity index (χ0v) is 19.2. The average Bonchev–Trinajstić information content (AvgIpc) is 3.18. The maximum absolute atomic E-state index is 11.7. The second-order valence-corrected chi connectivity index (χ2v) is 8.61. The first kappa shape index (κ1) is 22.6. The quantitative estimate of drug-likeness (QED) is 0.268. The Bertz CT molecular complexity index is 1210. The Hall–Kier alpha value is -3.64. The van der Waals surface area contributed by atoms with Crippen molar-refractivity contribution in [2.24, 2.45) is 0 Å². The van der Waals surface area contributed by atoms with E-state index in [-0.39, 0.29) is 19.2 Å². The standard InChI is InChI=1S/C27H28N2O4/c1-27(2,3)33-25(30)19-31-16-17-32-22-14-15-23-24(18-22)29(21-12-8-5-9-13-21)26(28-23)20-10-6-4-7-11-20/h4-15,18H,16-17,19H2,1-3H3. The van der Waals surface area contributed by atoms with Crippen LogP contribution in [0.15, 0.2) is 78.9 Å². The number of imidazole rings is 1. The lowest BCUT2D eigenvalue weighted by Crippen LogP contribution is -2.27. The Morgan fingerprint density at radius 1 is 0.909 bits per heavy atom. The molecule has 4 aromatic rings. The van der Waals surface area contributed by atoms with Crippen LogP contribution in [0.25, 0.3) is 28.1 Å². The van der Waals surface area contributed by atoms with Crippen LogP contribution >= 0.6 is 0 Å². The van der Waals surface area contributed by atoms with Gasteiger partial charge < -0.3 is 14.2 Å². The van der Waals surface area contributed by atoms with Crippen molar-refractivity contribution >= 4 is 17.0 Å². The molecular formula is C27H28N2O4. The number of rotatable bonds is 8. The Morgan fingerprint density at radius 2 is 1.61 bits per heavy atom. The van der Waals surface area contributed by atoms with Crippen LogP contribution in [0.3, 0.4) is 0 Å². The smallest absolute Gasteiger partial charge is 0.332 e. The van der Waals surface area contributed by atoms with Crippen molar-refractivity contribution in [1.29, 1.82) is 0 Å². The van der Waals surface area contributed by atoms with Crippen LogP contribution in [-0.2, 0) is 14.3 Å². The molecule has 0 bridgehead atoms. The predicted octanol–water partition coefficient (Wildman–Crippen LogP) is 5.43. The topological polar surface area (TPSA) is 62.6 Å². The molecule has 0 saturated heterocycles. The number of fused-ring (bicyclic) bond motifs is 1. The van der Waals surface area contributed by atoms with Crippen LogP contribution in [0.1, 0.15) is 20.8 Å². The van der Waals surface area contributed by atoms with Crippen LogP contribution in [0.5, 0.6) is 5.75 Å². The fourth-order valence-electron chi connectivity index (χ4n) is 3.51. The molecule has 0 atom stereocenters. The predicted molar refractivity (Wildman–Crippen MR) is 129 cm³/mol. The molecule has 4 rings (SSSR count). The molecule has 3 aromatic carbocycles. The summed E-state index contributed by atoms with van der Waals surface area (Å²) in [5, 5.41) is 0. The van der Waals surface area contributed by atoms with E-state index in [1.165, 1.54) is 0 Å². The highest BCUT2D eigenvalue weighted by Crippen LogP contribution is 2.30. The van der Waals surface area contributed by atoms with E-state index in [1.54, 1.807) is 0 Å². The lowest BCUT2D eigenvalue weighted by atomic mass is 10.2. The summed E-state index contributed by atoms with van der Waals surface area (Å²) in [6.07, 6.45) is 0. The van der Waals surface area contributed by atoms with E-state index in [9.17, 15) is 4.79 Å². The van der Waals surface area contributed by atoms with Crippen LogP contribution in [0.4, 0.5) is 0 Å². The number of nitrogens with zero attached hydrogens (tertiary/aromatic N) is 2. The maximum atomic E-state index is 11.7. The summed E-state index contributed by atoms with van der Waals surface area (Å²) in [5.41, 5.74) is 3.37. The van der Waals surface area contributed by atoms with Gasteiger partial charge in [0.2, 0.25) is 0 Å². The van der Waals surface area contributed by atoms with Gasteiger partial charge in [0.05, 0.1) is 17.6 Å². The van der Waals surface area contributed by atoms with Gasteiger partial charge >= 0.3 is 5.97 Å². The zero-order valence-electron chi connectivity index (χ0n) is 19.2. The van der Waals surface area contributed by atoms with Gasteiger partial charge in [-0.15, -0.1) is 0 Å². The van der Waals surface area contributed by atoms with E-state index in [1.807, 2.05) is 75.4 Å². The van der Waals surface area contributed by atoms with Crippen molar-refractivity contribution in [2.75, 3.05) is 19.8 Å². The highest BCUT2D eigenvalue weighted by atomic mass is 16.6. The van der Waals surface area contributed by atoms with Crippen LogP contribution in [-0.4, -0.2) is 40.9 Å². The molecule has 170 valence electrons. The summed E-state index contributed by atoms with van der Waals surface area (Å²) in [6, 6.07) is 26.1. The summed E-state index contributed by atoms with van der Waals surface area (Å²) < 4.78 is 18.6. The van der Waals surface area contributed by atoms with Crippen molar-refractivity contribution in [3.63, 3.8) is 0 Å². The fourth-order valence-corrected chi connectivity index (χ4v) is 3.51. The van der Waals surface area contributed by atoms with Crippen LogP contribution < -0.4 is 4.74 Å². The highest BCUT2D eigenvalue weighted by molar-refractivity contribution is 5.84. The van der Waals surface area contributed by atoms with Gasteiger partial charge in [-0.2, -0.15) is 0 Å². The number of carbonyl (C=O) groups excluding carboxylic acids is 1. The summed E-state index contributed by atoms with van der Waals surface area (Å²) in [6.45, 7) is 5.99. The Morgan fingerprint density at radius 3 is 2.30 bits per heavy atom. The maximum Gasteiger partial charge on any atom is 0.332 e. The third-order valence-corrected chi connectivity index (χ3v) is 4.81. The molecule has 0 saturated carbocycles. The van der Waals surface area contributed by atoms with Gasteiger partial charge in [-0.1, -0.05) is 48.5 Å². The SMILES string of the molecule is CC(C)(C)OC(=O)COCCOc1ccc2nc(-c3ccccc3)n(-c3ccccc3)c2c1. The molecule has 0 spiro atoms. The summed E-state index contributed by atoms with van der Waals surface area (Å²) >= 11 is 0. The first-order valence-electron chi connectivity index (χ1n) is 11.0. The molecule has 0 aliphatic heterocycles. The minimum atomic E-state index is -0.521. The van der Waals surface area contributed by atoms with Gasteiger partial charge in [-0.25, -0.2) is 9.78 Å². The zero-order chi connectivity index (χ0) is 23.3. The molecule has 0 N–H and O–H groups in total. The summed E-state index contributed by atoms with van der Waals surface area (Å²) in [4.78, 5) is 16.6. The lowest BCUT2D eigenvalue weighted by molar-refractivity contribution is -0.160. The summed E-state index contributed by atoms with van der Waals surface area (Å²) in [7, 11) is 0. The highest BCUT2D eigenvalue weighted by Gasteiger charge is 2.17. The number of carbonyl (C=O) groups is 1. The molecule has 6 heteroatoms. The van der Waals surface area contributed by atoms with Gasteiger partial charge in [0.15, 0.2) is 0 Å². The van der Waals surface area contributed by atoms with Crippen molar-refractivity contribution in [3.8, 4) is 22.8 Å². The molecule has 0 unspecified atom stereocenters. The third kappa shape index (κ3) is 5.79. The average molecular weight is 445 g/mol. The van der Waals surface area contributed by atoms with Crippen molar-refractivity contribution in [1.82, 2.24) is 9.55 Å². The number of aromatic nitrogens is 2. The Balaban J connectivity index is 1.51. The molecule has 1 heterocycles. The van der Waals surface area contributed by atoms with Crippen molar-refractivity contribution in [3.05, 3.63) is 78.9 Å². The monoisotopic (exact) mass is 444 g/mol. The molecule has 0 radical (unpaired) electrons. The largest absolute Gasteiger partial charge is 0.491 e. The molecule has 1 aromatic heterocycles. The Kier molecular flexibility index (Phi) is 6.75. The van der Waals surface area contributed by atoms with Gasteiger partial charge in [-0.05, 0) is 45.0 Å². The molecule has 0 amide bonds. The first-order chi connectivity index (χ1) is 15.9. The second kappa shape index (κ2) is 9.88. The molecule has 0 aliphatic rings. The number of para-hydroxylation sites is 1. The third-order valence-electron chi connectivity index (χ3n) is 4.81. The minimum absolute atomic E-state index is 0.0964. The van der Waals surface area contributed by atoms with E-state index in [4.69, 9.17) is 19.2 Å².